The van der Waals surface area contributed by atoms with Crippen molar-refractivity contribution in [2.75, 3.05) is 17.1 Å². The van der Waals surface area contributed by atoms with Gasteiger partial charge in [-0.05, 0) is 39.3 Å². The molecule has 0 saturated heterocycles. The van der Waals surface area contributed by atoms with Gasteiger partial charge in [0.2, 0.25) is 21.8 Å². The second-order valence-corrected chi connectivity index (χ2v) is 10.3. The highest BCUT2D eigenvalue weighted by molar-refractivity contribution is 7.92. The van der Waals surface area contributed by atoms with E-state index in [0.717, 1.165) is 27.8 Å². The van der Waals surface area contributed by atoms with E-state index in [1.165, 1.54) is 23.1 Å². The number of amides is 2. The molecule has 11 heteroatoms. The van der Waals surface area contributed by atoms with E-state index in [1.807, 2.05) is 31.2 Å². The van der Waals surface area contributed by atoms with E-state index in [1.54, 1.807) is 20.8 Å². The van der Waals surface area contributed by atoms with Gasteiger partial charge >= 0.3 is 0 Å². The molecule has 0 aliphatic carbocycles. The molecule has 0 unspecified atom stereocenters. The number of hydrogen-bond acceptors (Lipinski definition) is 6. The van der Waals surface area contributed by atoms with Crippen molar-refractivity contribution in [1.29, 1.82) is 0 Å². The predicted molar refractivity (Wildman–Crippen MR) is 130 cm³/mol. The molecule has 2 aromatic carbocycles. The number of aryl methyl sites for hydroxylation is 1. The summed E-state index contributed by atoms with van der Waals surface area (Å²) in [6.45, 7) is 6.53. The fourth-order valence-corrected chi connectivity index (χ4v) is 4.21. The van der Waals surface area contributed by atoms with E-state index in [0.29, 0.717) is 0 Å². The van der Waals surface area contributed by atoms with Crippen LogP contribution >= 0.6 is 0 Å². The van der Waals surface area contributed by atoms with E-state index >= 15 is 0 Å². The van der Waals surface area contributed by atoms with Crippen molar-refractivity contribution >= 4 is 33.2 Å². The lowest BCUT2D eigenvalue weighted by molar-refractivity contribution is -0.384. The molecule has 34 heavy (non-hydrogen) atoms. The average molecular weight is 491 g/mol. The summed E-state index contributed by atoms with van der Waals surface area (Å²) >= 11 is 0. The Morgan fingerprint density at radius 3 is 2.29 bits per heavy atom. The number of non-ortho nitro benzene ring substituents is 1. The van der Waals surface area contributed by atoms with Gasteiger partial charge in [0.1, 0.15) is 12.6 Å². The second kappa shape index (κ2) is 11.1. The van der Waals surface area contributed by atoms with Gasteiger partial charge in [-0.15, -0.1) is 0 Å². The molecule has 2 aromatic rings. The van der Waals surface area contributed by atoms with Crippen LogP contribution in [-0.2, 0) is 26.2 Å². The van der Waals surface area contributed by atoms with Gasteiger partial charge in [0.05, 0.1) is 16.9 Å². The first-order chi connectivity index (χ1) is 15.8. The minimum absolute atomic E-state index is 0.0140. The Balaban J connectivity index is 2.43. The van der Waals surface area contributed by atoms with Crippen molar-refractivity contribution in [3.63, 3.8) is 0 Å². The standard InChI is InChI=1S/C23H30N4O6S/c1-16(2)24-23(29)18(4)25(14-19-9-6-8-17(3)12-19)22(28)15-26(34(5,32)33)20-10-7-11-21(13-20)27(30)31/h6-13,16,18H,14-15H2,1-5H3,(H,24,29)/t18-/m1/s1. The number of anilines is 1. The van der Waals surface area contributed by atoms with Crippen molar-refractivity contribution in [2.24, 2.45) is 0 Å². The van der Waals surface area contributed by atoms with E-state index in [9.17, 15) is 28.1 Å². The lowest BCUT2D eigenvalue weighted by Crippen LogP contribution is -2.52. The zero-order valence-corrected chi connectivity index (χ0v) is 20.7. The van der Waals surface area contributed by atoms with Crippen LogP contribution in [0.3, 0.4) is 0 Å². The third-order valence-corrected chi connectivity index (χ3v) is 6.18. The van der Waals surface area contributed by atoms with E-state index < -0.39 is 33.4 Å². The molecule has 0 heterocycles. The van der Waals surface area contributed by atoms with Crippen LogP contribution in [0.25, 0.3) is 0 Å². The lowest BCUT2D eigenvalue weighted by atomic mass is 10.1. The molecule has 0 aromatic heterocycles. The van der Waals surface area contributed by atoms with Crippen LogP contribution in [0.1, 0.15) is 31.9 Å². The number of carbonyl (C=O) groups is 2. The summed E-state index contributed by atoms with van der Waals surface area (Å²) in [6, 6.07) is 11.4. The maximum Gasteiger partial charge on any atom is 0.271 e. The summed E-state index contributed by atoms with van der Waals surface area (Å²) in [5, 5.41) is 13.9. The van der Waals surface area contributed by atoms with E-state index in [2.05, 4.69) is 5.32 Å². The third kappa shape index (κ3) is 7.27. The molecule has 0 aliphatic heterocycles. The highest BCUT2D eigenvalue weighted by atomic mass is 32.2. The Kier molecular flexibility index (Phi) is 8.74. The van der Waals surface area contributed by atoms with Crippen LogP contribution in [0.4, 0.5) is 11.4 Å². The van der Waals surface area contributed by atoms with Gasteiger partial charge in [0.15, 0.2) is 0 Å². The number of nitro benzene ring substituents is 1. The van der Waals surface area contributed by atoms with Crippen molar-refractivity contribution in [3.8, 4) is 0 Å². The predicted octanol–water partition coefficient (Wildman–Crippen LogP) is 2.61. The molecule has 0 bridgehead atoms. The molecule has 10 nitrogen and oxygen atoms in total. The Morgan fingerprint density at radius 2 is 1.74 bits per heavy atom. The van der Waals surface area contributed by atoms with Crippen LogP contribution in [0, 0.1) is 17.0 Å². The Hall–Kier alpha value is -3.47. The number of nitro groups is 1. The lowest BCUT2D eigenvalue weighted by Gasteiger charge is -2.32. The number of benzene rings is 2. The molecule has 0 radical (unpaired) electrons. The van der Waals surface area contributed by atoms with Crippen LogP contribution < -0.4 is 9.62 Å². The zero-order valence-electron chi connectivity index (χ0n) is 19.9. The normalized spacial score (nSPS) is 12.2. The molecule has 2 amide bonds. The molecular formula is C23H30N4O6S. The van der Waals surface area contributed by atoms with Crippen LogP contribution in [0.5, 0.6) is 0 Å². The minimum Gasteiger partial charge on any atom is -0.352 e. The number of nitrogens with zero attached hydrogens (tertiary/aromatic N) is 3. The average Bonchev–Trinajstić information content (AvgIpc) is 2.74. The summed E-state index contributed by atoms with van der Waals surface area (Å²) in [5.41, 5.74) is 1.43. The Morgan fingerprint density at radius 1 is 1.09 bits per heavy atom. The quantitative estimate of drug-likeness (QED) is 0.402. The molecule has 184 valence electrons. The van der Waals surface area contributed by atoms with Gasteiger partial charge < -0.3 is 10.2 Å². The first kappa shape index (κ1) is 26.8. The maximum atomic E-state index is 13.4. The summed E-state index contributed by atoms with van der Waals surface area (Å²) in [6.07, 6.45) is 0.916. The monoisotopic (exact) mass is 490 g/mol. The molecule has 2 rings (SSSR count). The Labute approximate surface area is 199 Å². The topological polar surface area (TPSA) is 130 Å². The number of rotatable bonds is 10. The summed E-state index contributed by atoms with van der Waals surface area (Å²) in [4.78, 5) is 38.0. The molecule has 0 fully saturated rings. The molecule has 0 saturated carbocycles. The number of hydrogen-bond donors (Lipinski definition) is 1. The van der Waals surface area contributed by atoms with Gasteiger partial charge in [0, 0.05) is 24.7 Å². The van der Waals surface area contributed by atoms with Crippen molar-refractivity contribution in [2.45, 2.75) is 46.3 Å². The summed E-state index contributed by atoms with van der Waals surface area (Å²) in [7, 11) is -3.97. The first-order valence-corrected chi connectivity index (χ1v) is 12.5. The van der Waals surface area contributed by atoms with Crippen LogP contribution in [-0.4, -0.2) is 54.9 Å². The van der Waals surface area contributed by atoms with Crippen molar-refractivity contribution in [1.82, 2.24) is 10.2 Å². The van der Waals surface area contributed by atoms with Crippen molar-refractivity contribution < 1.29 is 22.9 Å². The minimum atomic E-state index is -3.97. The summed E-state index contributed by atoms with van der Waals surface area (Å²) in [5.74, 6) is -0.998. The molecule has 1 N–H and O–H groups in total. The van der Waals surface area contributed by atoms with E-state index in [4.69, 9.17) is 0 Å². The van der Waals surface area contributed by atoms with Crippen LogP contribution in [0.15, 0.2) is 48.5 Å². The first-order valence-electron chi connectivity index (χ1n) is 10.7. The van der Waals surface area contributed by atoms with Crippen molar-refractivity contribution in [3.05, 3.63) is 69.8 Å². The Bertz CT molecular complexity index is 1170. The fourth-order valence-electron chi connectivity index (χ4n) is 3.37. The number of sulfonamides is 1. The maximum absolute atomic E-state index is 13.4. The molecular weight excluding hydrogens is 460 g/mol. The SMILES string of the molecule is Cc1cccc(CN(C(=O)CN(c2cccc([N+](=O)[O-])c2)S(C)(=O)=O)[C@H](C)C(=O)NC(C)C)c1. The van der Waals surface area contributed by atoms with Gasteiger partial charge in [0.25, 0.3) is 5.69 Å². The largest absolute Gasteiger partial charge is 0.352 e. The fraction of sp³-hybridized carbons (Fsp3) is 0.391. The second-order valence-electron chi connectivity index (χ2n) is 8.40. The number of carbonyl (C=O) groups excluding carboxylic acids is 2. The van der Waals surface area contributed by atoms with Gasteiger partial charge in [-0.3, -0.25) is 24.0 Å². The number of nitrogens with one attached hydrogen (secondary N) is 1. The third-order valence-electron chi connectivity index (χ3n) is 5.04. The van der Waals surface area contributed by atoms with Gasteiger partial charge in [-0.2, -0.15) is 0 Å². The molecule has 1 atom stereocenters. The van der Waals surface area contributed by atoms with Gasteiger partial charge in [-0.1, -0.05) is 35.9 Å². The zero-order chi connectivity index (χ0) is 25.6. The van der Waals surface area contributed by atoms with Crippen LogP contribution in [0.2, 0.25) is 0 Å². The van der Waals surface area contributed by atoms with E-state index in [-0.39, 0.29) is 29.9 Å². The van der Waals surface area contributed by atoms with Gasteiger partial charge in [-0.25, -0.2) is 8.42 Å². The summed E-state index contributed by atoms with van der Waals surface area (Å²) < 4.78 is 25.9. The smallest absolute Gasteiger partial charge is 0.271 e. The highest BCUT2D eigenvalue weighted by Crippen LogP contribution is 2.24. The molecule has 0 spiro atoms. The molecule has 0 aliphatic rings. The highest BCUT2D eigenvalue weighted by Gasteiger charge is 2.30.